The smallest absolute Gasteiger partial charge is 0.341 e. The van der Waals surface area contributed by atoms with Crippen LogP contribution in [0.4, 0.5) is 10.3 Å². The zero-order valence-electron chi connectivity index (χ0n) is 22.1. The number of nitrogens with one attached hydrogen (secondary N) is 1. The number of esters is 1. The quantitative estimate of drug-likeness (QED) is 0.337. The van der Waals surface area contributed by atoms with Crippen LogP contribution in [0.15, 0.2) is 36.5 Å². The highest BCUT2D eigenvalue weighted by molar-refractivity contribution is 6.30. The van der Waals surface area contributed by atoms with E-state index in [0.29, 0.717) is 30.3 Å². The van der Waals surface area contributed by atoms with Gasteiger partial charge in [-0.2, -0.15) is 5.10 Å². The lowest BCUT2D eigenvalue weighted by Crippen LogP contribution is -2.44. The molecule has 10 heteroatoms. The highest BCUT2D eigenvalue weighted by Gasteiger charge is 2.26. The maximum Gasteiger partial charge on any atom is 0.341 e. The highest BCUT2D eigenvalue weighted by Crippen LogP contribution is 2.36. The molecule has 2 aromatic carbocycles. The summed E-state index contributed by atoms with van der Waals surface area (Å²) >= 11 is 6.13. The van der Waals surface area contributed by atoms with Gasteiger partial charge in [0, 0.05) is 38.3 Å². The number of hydrogen-bond donors (Lipinski definition) is 1. The van der Waals surface area contributed by atoms with Crippen LogP contribution in [0.25, 0.3) is 22.3 Å². The van der Waals surface area contributed by atoms with E-state index in [1.165, 1.54) is 13.2 Å². The normalized spacial score (nSPS) is 14.0. The summed E-state index contributed by atoms with van der Waals surface area (Å²) in [7, 11) is 1.38. The van der Waals surface area contributed by atoms with Crippen LogP contribution < -0.4 is 10.2 Å². The van der Waals surface area contributed by atoms with Crippen molar-refractivity contribution >= 4 is 34.6 Å². The molecule has 5 rings (SSSR count). The summed E-state index contributed by atoms with van der Waals surface area (Å²) in [6.45, 7) is 10.7. The van der Waals surface area contributed by atoms with Crippen molar-refractivity contribution < 1.29 is 13.9 Å². The molecule has 200 valence electrons. The standard InChI is InChI=1S/C28H32ClFN6O2/c1-17(2)15-36-26(21(14-32-36)27(37)38-4)20-11-18(3)12-24-25(20)33-28(34-9-7-31-8-10-34)35(24)16-19-5-6-23(30)22(29)13-19/h5-6,11-14,17,31H,7-10,15-16H2,1-4H3. The van der Waals surface area contributed by atoms with Crippen LogP contribution in [0.1, 0.15) is 35.3 Å². The molecule has 8 nitrogen and oxygen atoms in total. The van der Waals surface area contributed by atoms with Crippen LogP contribution in [0.2, 0.25) is 5.02 Å². The molecule has 1 saturated heterocycles. The second-order valence-electron chi connectivity index (χ2n) is 10.1. The summed E-state index contributed by atoms with van der Waals surface area (Å²) in [4.78, 5) is 20.2. The van der Waals surface area contributed by atoms with E-state index in [1.54, 1.807) is 18.3 Å². The van der Waals surface area contributed by atoms with E-state index in [-0.39, 0.29) is 5.02 Å². The zero-order valence-corrected chi connectivity index (χ0v) is 22.8. The fraction of sp³-hybridized carbons (Fsp3) is 0.393. The third-order valence-corrected chi connectivity index (χ3v) is 7.03. The fourth-order valence-corrected chi connectivity index (χ4v) is 5.23. The molecule has 2 aromatic heterocycles. The van der Waals surface area contributed by atoms with Gasteiger partial charge < -0.3 is 19.5 Å². The number of rotatable bonds is 7. The number of fused-ring (bicyclic) bond motifs is 1. The van der Waals surface area contributed by atoms with Crippen molar-refractivity contribution in [3.63, 3.8) is 0 Å². The van der Waals surface area contributed by atoms with Crippen LogP contribution in [0.5, 0.6) is 0 Å². The summed E-state index contributed by atoms with van der Waals surface area (Å²) in [5, 5.41) is 8.04. The van der Waals surface area contributed by atoms with E-state index in [9.17, 15) is 9.18 Å². The molecule has 1 fully saturated rings. The molecule has 4 aromatic rings. The van der Waals surface area contributed by atoms with Crippen LogP contribution >= 0.6 is 11.6 Å². The van der Waals surface area contributed by atoms with Crippen molar-refractivity contribution in [3.05, 3.63) is 64.1 Å². The number of hydrogen-bond acceptors (Lipinski definition) is 6. The lowest BCUT2D eigenvalue weighted by atomic mass is 10.0. The number of nitrogens with zero attached hydrogens (tertiary/aromatic N) is 5. The van der Waals surface area contributed by atoms with Crippen LogP contribution in [0.3, 0.4) is 0 Å². The van der Waals surface area contributed by atoms with Crippen molar-refractivity contribution in [3.8, 4) is 11.3 Å². The van der Waals surface area contributed by atoms with Gasteiger partial charge in [0.15, 0.2) is 0 Å². The molecule has 0 spiro atoms. The van der Waals surface area contributed by atoms with Crippen molar-refractivity contribution in [2.45, 2.75) is 33.9 Å². The van der Waals surface area contributed by atoms with Crippen molar-refractivity contribution in [2.75, 3.05) is 38.2 Å². The van der Waals surface area contributed by atoms with Crippen LogP contribution in [-0.2, 0) is 17.8 Å². The van der Waals surface area contributed by atoms with Gasteiger partial charge in [0.2, 0.25) is 5.95 Å². The number of carbonyl (C=O) groups is 1. The summed E-state index contributed by atoms with van der Waals surface area (Å²) in [5.74, 6) is 0.257. The molecule has 1 aliphatic rings. The Labute approximate surface area is 226 Å². The molecule has 0 atom stereocenters. The average molecular weight is 539 g/mol. The molecular weight excluding hydrogens is 507 g/mol. The first-order valence-electron chi connectivity index (χ1n) is 12.8. The second-order valence-corrected chi connectivity index (χ2v) is 10.5. The molecule has 0 saturated carbocycles. The Bertz CT molecular complexity index is 1490. The lowest BCUT2D eigenvalue weighted by Gasteiger charge is -2.29. The first kappa shape index (κ1) is 26.2. The van der Waals surface area contributed by atoms with Crippen molar-refractivity contribution in [1.29, 1.82) is 0 Å². The van der Waals surface area contributed by atoms with Crippen molar-refractivity contribution in [1.82, 2.24) is 24.6 Å². The van der Waals surface area contributed by atoms with Gasteiger partial charge in [-0.25, -0.2) is 14.2 Å². The Morgan fingerprint density at radius 1 is 1.21 bits per heavy atom. The molecule has 0 amide bonds. The monoisotopic (exact) mass is 538 g/mol. The molecular formula is C28H32ClFN6O2. The Balaban J connectivity index is 1.75. The highest BCUT2D eigenvalue weighted by atomic mass is 35.5. The van der Waals surface area contributed by atoms with Gasteiger partial charge in [0.25, 0.3) is 0 Å². The van der Waals surface area contributed by atoms with E-state index >= 15 is 0 Å². The molecule has 0 radical (unpaired) electrons. The minimum Gasteiger partial charge on any atom is -0.465 e. The molecule has 38 heavy (non-hydrogen) atoms. The predicted octanol–water partition coefficient (Wildman–Crippen LogP) is 4.90. The van der Waals surface area contributed by atoms with Gasteiger partial charge in [-0.3, -0.25) is 4.68 Å². The topological polar surface area (TPSA) is 77.2 Å². The maximum absolute atomic E-state index is 13.9. The van der Waals surface area contributed by atoms with E-state index in [4.69, 9.17) is 21.3 Å². The first-order valence-corrected chi connectivity index (χ1v) is 13.2. The van der Waals surface area contributed by atoms with Gasteiger partial charge >= 0.3 is 5.97 Å². The Kier molecular flexibility index (Phi) is 7.40. The van der Waals surface area contributed by atoms with E-state index in [2.05, 4.69) is 45.9 Å². The van der Waals surface area contributed by atoms with Crippen molar-refractivity contribution in [2.24, 2.45) is 5.92 Å². The summed E-state index contributed by atoms with van der Waals surface area (Å²) < 4.78 is 23.0. The Morgan fingerprint density at radius 2 is 1.97 bits per heavy atom. The number of benzene rings is 2. The Hall–Kier alpha value is -3.43. The van der Waals surface area contributed by atoms with E-state index in [0.717, 1.165) is 59.9 Å². The Morgan fingerprint density at radius 3 is 2.66 bits per heavy atom. The van der Waals surface area contributed by atoms with Gasteiger partial charge in [-0.1, -0.05) is 31.5 Å². The maximum atomic E-state index is 13.9. The number of anilines is 1. The predicted molar refractivity (Wildman–Crippen MR) is 147 cm³/mol. The minimum atomic E-state index is -0.444. The number of methoxy groups -OCH3 is 1. The van der Waals surface area contributed by atoms with Gasteiger partial charge in [-0.15, -0.1) is 0 Å². The summed E-state index contributed by atoms with van der Waals surface area (Å²) in [6.07, 6.45) is 1.58. The molecule has 0 aliphatic carbocycles. The second kappa shape index (κ2) is 10.7. The number of halogens is 2. The lowest BCUT2D eigenvalue weighted by molar-refractivity contribution is 0.0601. The van der Waals surface area contributed by atoms with Gasteiger partial charge in [-0.05, 0) is 48.2 Å². The SMILES string of the molecule is COC(=O)c1cnn(CC(C)C)c1-c1cc(C)cc2c1nc(N1CCNCC1)n2Cc1ccc(F)c(Cl)c1. The molecule has 1 N–H and O–H groups in total. The molecule has 3 heterocycles. The summed E-state index contributed by atoms with van der Waals surface area (Å²) in [5.41, 5.74) is 5.51. The third kappa shape index (κ3) is 5.00. The summed E-state index contributed by atoms with van der Waals surface area (Å²) in [6, 6.07) is 8.96. The number of aromatic nitrogens is 4. The number of aryl methyl sites for hydroxylation is 1. The first-order chi connectivity index (χ1) is 18.3. The molecule has 1 aliphatic heterocycles. The fourth-order valence-electron chi connectivity index (χ4n) is 5.03. The molecule has 0 unspecified atom stereocenters. The van der Waals surface area contributed by atoms with E-state index in [1.807, 2.05) is 11.6 Å². The molecule has 0 bridgehead atoms. The zero-order chi connectivity index (χ0) is 27.0. The average Bonchev–Trinajstić information content (AvgIpc) is 3.47. The number of ether oxygens (including phenoxy) is 1. The van der Waals surface area contributed by atoms with E-state index < -0.39 is 11.8 Å². The van der Waals surface area contributed by atoms with Crippen LogP contribution in [-0.4, -0.2) is 58.6 Å². The van der Waals surface area contributed by atoms with Gasteiger partial charge in [0.05, 0.1) is 36.1 Å². The number of piperazine rings is 1. The number of imidazole rings is 1. The van der Waals surface area contributed by atoms with Crippen LogP contribution in [0, 0.1) is 18.7 Å². The third-order valence-electron chi connectivity index (χ3n) is 6.74. The minimum absolute atomic E-state index is 0.0906. The number of carbonyl (C=O) groups excluding carboxylic acids is 1. The van der Waals surface area contributed by atoms with Gasteiger partial charge in [0.1, 0.15) is 16.9 Å². The largest absolute Gasteiger partial charge is 0.465 e.